The summed E-state index contributed by atoms with van der Waals surface area (Å²) in [6.45, 7) is 12.5. The van der Waals surface area contributed by atoms with Crippen molar-refractivity contribution in [2.75, 3.05) is 13.1 Å². The molecule has 0 unspecified atom stereocenters. The average molecular weight is 247 g/mol. The Morgan fingerprint density at radius 3 is 1.83 bits per heavy atom. The van der Waals surface area contributed by atoms with Crippen LogP contribution in [0.15, 0.2) is 18.2 Å². The van der Waals surface area contributed by atoms with Crippen LogP contribution in [0.2, 0.25) is 0 Å². The molecule has 18 heavy (non-hydrogen) atoms. The molecule has 0 heterocycles. The Bertz CT molecular complexity index is 321. The van der Waals surface area contributed by atoms with Gasteiger partial charge in [0.05, 0.1) is 0 Å². The van der Waals surface area contributed by atoms with E-state index in [0.29, 0.717) is 0 Å². The molecule has 0 spiro atoms. The van der Waals surface area contributed by atoms with Crippen LogP contribution in [0.1, 0.15) is 57.2 Å². The number of nitrogens with zero attached hydrogens (tertiary/aromatic N) is 1. The van der Waals surface area contributed by atoms with Crippen molar-refractivity contribution in [2.45, 2.75) is 59.9 Å². The Labute approximate surface area is 113 Å². The zero-order chi connectivity index (χ0) is 13.4. The van der Waals surface area contributed by atoms with Gasteiger partial charge >= 0.3 is 0 Å². The lowest BCUT2D eigenvalue weighted by Crippen LogP contribution is -2.24. The zero-order valence-corrected chi connectivity index (χ0v) is 12.6. The second kappa shape index (κ2) is 8.31. The molecular formula is C17H29N. The number of aryl methyl sites for hydroxylation is 2. The van der Waals surface area contributed by atoms with Gasteiger partial charge in [-0.15, -0.1) is 0 Å². The van der Waals surface area contributed by atoms with Gasteiger partial charge in [0.2, 0.25) is 0 Å². The molecule has 1 rings (SSSR count). The van der Waals surface area contributed by atoms with Crippen LogP contribution in [0.4, 0.5) is 0 Å². The van der Waals surface area contributed by atoms with E-state index in [1.54, 1.807) is 0 Å². The molecule has 1 nitrogen and oxygen atoms in total. The molecule has 1 aromatic carbocycles. The Balaban J connectivity index is 2.74. The van der Waals surface area contributed by atoms with E-state index in [1.165, 1.54) is 36.1 Å². The monoisotopic (exact) mass is 247 g/mol. The molecular weight excluding hydrogens is 218 g/mol. The normalized spacial score (nSPS) is 11.2. The molecule has 1 heteroatoms. The molecule has 0 saturated carbocycles. The van der Waals surface area contributed by atoms with Gasteiger partial charge in [0.1, 0.15) is 0 Å². The third kappa shape index (κ3) is 4.81. The summed E-state index contributed by atoms with van der Waals surface area (Å²) in [5.41, 5.74) is 4.45. The largest absolute Gasteiger partial charge is 0.299 e. The first kappa shape index (κ1) is 15.2. The third-order valence-corrected chi connectivity index (χ3v) is 3.61. The third-order valence-electron chi connectivity index (χ3n) is 3.61. The number of unbranched alkanes of at least 4 members (excludes halogenated alkanes) is 1. The topological polar surface area (TPSA) is 3.24 Å². The highest BCUT2D eigenvalue weighted by Crippen LogP contribution is 2.14. The van der Waals surface area contributed by atoms with Crippen LogP contribution in [0.25, 0.3) is 0 Å². The van der Waals surface area contributed by atoms with Crippen molar-refractivity contribution in [1.29, 1.82) is 0 Å². The molecule has 0 aliphatic carbocycles. The summed E-state index contributed by atoms with van der Waals surface area (Å²) in [7, 11) is 0. The summed E-state index contributed by atoms with van der Waals surface area (Å²) < 4.78 is 0. The Hall–Kier alpha value is -0.820. The van der Waals surface area contributed by atoms with Crippen LogP contribution in [0.5, 0.6) is 0 Å². The van der Waals surface area contributed by atoms with Crippen molar-refractivity contribution in [2.24, 2.45) is 0 Å². The highest BCUT2D eigenvalue weighted by molar-refractivity contribution is 5.30. The fourth-order valence-electron chi connectivity index (χ4n) is 2.33. The van der Waals surface area contributed by atoms with E-state index in [1.807, 2.05) is 0 Å². The van der Waals surface area contributed by atoms with Crippen LogP contribution >= 0.6 is 0 Å². The van der Waals surface area contributed by atoms with E-state index in [4.69, 9.17) is 0 Å². The van der Waals surface area contributed by atoms with Gasteiger partial charge in [-0.05, 0) is 49.0 Å². The second-order valence-electron chi connectivity index (χ2n) is 5.09. The molecule has 0 aromatic heterocycles. The van der Waals surface area contributed by atoms with Crippen molar-refractivity contribution >= 4 is 0 Å². The lowest BCUT2D eigenvalue weighted by molar-refractivity contribution is 0.275. The predicted octanol–water partition coefficient (Wildman–Crippen LogP) is 4.43. The maximum Gasteiger partial charge on any atom is 0.0233 e. The maximum absolute atomic E-state index is 2.55. The molecule has 1 aromatic rings. The van der Waals surface area contributed by atoms with E-state index in [0.717, 1.165) is 25.9 Å². The smallest absolute Gasteiger partial charge is 0.0233 e. The quantitative estimate of drug-likeness (QED) is 0.656. The molecule has 0 radical (unpaired) electrons. The lowest BCUT2D eigenvalue weighted by Gasteiger charge is -2.21. The van der Waals surface area contributed by atoms with Gasteiger partial charge in [0, 0.05) is 6.54 Å². The Morgan fingerprint density at radius 1 is 0.833 bits per heavy atom. The van der Waals surface area contributed by atoms with Crippen LogP contribution in [-0.2, 0) is 19.4 Å². The first-order valence-corrected chi connectivity index (χ1v) is 7.57. The summed E-state index contributed by atoms with van der Waals surface area (Å²) in [4.78, 5) is 2.55. The van der Waals surface area contributed by atoms with E-state index in [-0.39, 0.29) is 0 Å². The van der Waals surface area contributed by atoms with Crippen LogP contribution in [0.3, 0.4) is 0 Å². The SMILES string of the molecule is CCCCN(CC)Cc1cc(CC)cc(CC)c1. The minimum Gasteiger partial charge on any atom is -0.299 e. The highest BCUT2D eigenvalue weighted by Gasteiger charge is 2.05. The van der Waals surface area contributed by atoms with Gasteiger partial charge in [0.15, 0.2) is 0 Å². The van der Waals surface area contributed by atoms with Gasteiger partial charge in [-0.3, -0.25) is 4.90 Å². The Kier molecular flexibility index (Phi) is 7.04. The summed E-state index contributed by atoms with van der Waals surface area (Å²) >= 11 is 0. The molecule has 0 bridgehead atoms. The van der Waals surface area contributed by atoms with Gasteiger partial charge in [-0.2, -0.15) is 0 Å². The van der Waals surface area contributed by atoms with Crippen molar-refractivity contribution in [3.63, 3.8) is 0 Å². The Morgan fingerprint density at radius 2 is 1.39 bits per heavy atom. The molecule has 0 atom stereocenters. The molecule has 0 amide bonds. The molecule has 0 aliphatic rings. The summed E-state index contributed by atoms with van der Waals surface area (Å²) in [6, 6.07) is 7.12. The standard InChI is InChI=1S/C17H29N/c1-5-9-10-18(8-4)14-17-12-15(6-2)11-16(7-3)13-17/h11-13H,5-10,14H2,1-4H3. The summed E-state index contributed by atoms with van der Waals surface area (Å²) in [5.74, 6) is 0. The first-order valence-electron chi connectivity index (χ1n) is 7.57. The van der Waals surface area contributed by atoms with Crippen LogP contribution in [0, 0.1) is 0 Å². The predicted molar refractivity (Wildman–Crippen MR) is 81.1 cm³/mol. The van der Waals surface area contributed by atoms with Crippen molar-refractivity contribution < 1.29 is 0 Å². The van der Waals surface area contributed by atoms with Crippen molar-refractivity contribution in [3.05, 3.63) is 34.9 Å². The van der Waals surface area contributed by atoms with Crippen LogP contribution in [-0.4, -0.2) is 18.0 Å². The van der Waals surface area contributed by atoms with Crippen molar-refractivity contribution in [1.82, 2.24) is 4.90 Å². The van der Waals surface area contributed by atoms with E-state index in [2.05, 4.69) is 50.8 Å². The minimum atomic E-state index is 1.11. The van der Waals surface area contributed by atoms with Crippen LogP contribution < -0.4 is 0 Å². The highest BCUT2D eigenvalue weighted by atomic mass is 15.1. The minimum absolute atomic E-state index is 1.11. The molecule has 102 valence electrons. The summed E-state index contributed by atoms with van der Waals surface area (Å²) in [6.07, 6.45) is 4.87. The number of hydrogen-bond acceptors (Lipinski definition) is 1. The average Bonchev–Trinajstić information content (AvgIpc) is 2.42. The van der Waals surface area contributed by atoms with E-state index >= 15 is 0 Å². The molecule has 0 aliphatic heterocycles. The zero-order valence-electron chi connectivity index (χ0n) is 12.6. The summed E-state index contributed by atoms with van der Waals surface area (Å²) in [5, 5.41) is 0. The fraction of sp³-hybridized carbons (Fsp3) is 0.647. The van der Waals surface area contributed by atoms with E-state index < -0.39 is 0 Å². The lowest BCUT2D eigenvalue weighted by atomic mass is 10.0. The molecule has 0 fully saturated rings. The first-order chi connectivity index (χ1) is 8.73. The van der Waals surface area contributed by atoms with Gasteiger partial charge in [0.25, 0.3) is 0 Å². The van der Waals surface area contributed by atoms with Gasteiger partial charge < -0.3 is 0 Å². The second-order valence-corrected chi connectivity index (χ2v) is 5.09. The number of rotatable bonds is 8. The molecule has 0 N–H and O–H groups in total. The molecule has 0 saturated heterocycles. The van der Waals surface area contributed by atoms with E-state index in [9.17, 15) is 0 Å². The number of hydrogen-bond donors (Lipinski definition) is 0. The van der Waals surface area contributed by atoms with Gasteiger partial charge in [-0.25, -0.2) is 0 Å². The van der Waals surface area contributed by atoms with Crippen molar-refractivity contribution in [3.8, 4) is 0 Å². The maximum atomic E-state index is 2.55. The number of benzene rings is 1. The van der Waals surface area contributed by atoms with Gasteiger partial charge in [-0.1, -0.05) is 52.3 Å². The fourth-order valence-corrected chi connectivity index (χ4v) is 2.33.